The van der Waals surface area contributed by atoms with Gasteiger partial charge >= 0.3 is 0 Å². The van der Waals surface area contributed by atoms with Crippen molar-refractivity contribution in [1.29, 1.82) is 0 Å². The molecule has 148 valence electrons. The second-order valence-electron chi connectivity index (χ2n) is 5.70. The molecule has 0 radical (unpaired) electrons. The summed E-state index contributed by atoms with van der Waals surface area (Å²) >= 11 is 11.0. The highest BCUT2D eigenvalue weighted by Gasteiger charge is 2.05. The standard InChI is InChI=1S/C20H22ClN3O3S/c1-26-17-8-6-15(13-18(17)27-2)10-11-22-20(28)24-23-19(25)9-7-14-4-3-5-16(21)12-14/h3-9,12-13H,10-11H2,1-2H3,(H,23,25)(H2,22,24,28)/b9-7+. The molecule has 2 aromatic rings. The molecule has 6 nitrogen and oxygen atoms in total. The van der Waals surface area contributed by atoms with Crippen LogP contribution in [-0.2, 0) is 11.2 Å². The normalized spacial score (nSPS) is 10.4. The molecular formula is C20H22ClN3O3S. The Balaban J connectivity index is 1.72. The Bertz CT molecular complexity index is 858. The minimum Gasteiger partial charge on any atom is -0.493 e. The molecule has 2 aromatic carbocycles. The third kappa shape index (κ3) is 7.09. The molecule has 0 aromatic heterocycles. The molecule has 8 heteroatoms. The number of nitrogens with one attached hydrogen (secondary N) is 3. The summed E-state index contributed by atoms with van der Waals surface area (Å²) in [5.74, 6) is 1.04. The molecule has 0 heterocycles. The minimum atomic E-state index is -0.330. The zero-order valence-corrected chi connectivity index (χ0v) is 17.2. The average Bonchev–Trinajstić information content (AvgIpc) is 2.70. The first-order valence-electron chi connectivity index (χ1n) is 8.50. The van der Waals surface area contributed by atoms with E-state index in [0.717, 1.165) is 17.5 Å². The lowest BCUT2D eigenvalue weighted by molar-refractivity contribution is -0.116. The Labute approximate surface area is 174 Å². The fourth-order valence-corrected chi connectivity index (χ4v) is 2.69. The van der Waals surface area contributed by atoms with E-state index in [1.165, 1.54) is 6.08 Å². The summed E-state index contributed by atoms with van der Waals surface area (Å²) in [5, 5.41) is 3.96. The van der Waals surface area contributed by atoms with Crippen LogP contribution in [-0.4, -0.2) is 31.8 Å². The Kier molecular flexibility index (Phi) is 8.58. The smallest absolute Gasteiger partial charge is 0.262 e. The van der Waals surface area contributed by atoms with Gasteiger partial charge in [0.1, 0.15) is 0 Å². The highest BCUT2D eigenvalue weighted by atomic mass is 35.5. The number of hydrogen-bond donors (Lipinski definition) is 3. The molecule has 0 unspecified atom stereocenters. The molecule has 1 amide bonds. The molecule has 3 N–H and O–H groups in total. The van der Waals surface area contributed by atoms with E-state index in [-0.39, 0.29) is 5.91 Å². The number of rotatable bonds is 7. The number of hydrazine groups is 1. The van der Waals surface area contributed by atoms with Gasteiger partial charge in [-0.3, -0.25) is 15.6 Å². The van der Waals surface area contributed by atoms with Crippen LogP contribution in [0.2, 0.25) is 5.02 Å². The van der Waals surface area contributed by atoms with Crippen LogP contribution < -0.4 is 25.6 Å². The van der Waals surface area contributed by atoms with Crippen LogP contribution in [0, 0.1) is 0 Å². The Morgan fingerprint density at radius 1 is 1.11 bits per heavy atom. The van der Waals surface area contributed by atoms with Crippen molar-refractivity contribution in [3.63, 3.8) is 0 Å². The number of methoxy groups -OCH3 is 2. The fourth-order valence-electron chi connectivity index (χ4n) is 2.34. The SMILES string of the molecule is COc1ccc(CCNC(=S)NNC(=O)/C=C/c2cccc(Cl)c2)cc1OC. The maximum absolute atomic E-state index is 11.8. The molecule has 0 bridgehead atoms. The highest BCUT2D eigenvalue weighted by Crippen LogP contribution is 2.27. The summed E-state index contributed by atoms with van der Waals surface area (Å²) in [5.41, 5.74) is 7.06. The van der Waals surface area contributed by atoms with Crippen LogP contribution in [0.25, 0.3) is 6.08 Å². The van der Waals surface area contributed by atoms with Gasteiger partial charge in [-0.2, -0.15) is 0 Å². The van der Waals surface area contributed by atoms with Crippen molar-refractivity contribution in [2.45, 2.75) is 6.42 Å². The minimum absolute atomic E-state index is 0.324. The van der Waals surface area contributed by atoms with Gasteiger partial charge in [0.2, 0.25) is 0 Å². The molecule has 0 saturated heterocycles. The van der Waals surface area contributed by atoms with Crippen LogP contribution >= 0.6 is 23.8 Å². The summed E-state index contributed by atoms with van der Waals surface area (Å²) in [4.78, 5) is 11.8. The first-order valence-corrected chi connectivity index (χ1v) is 9.29. The quantitative estimate of drug-likeness (QED) is 0.364. The van der Waals surface area contributed by atoms with Gasteiger partial charge in [0, 0.05) is 17.6 Å². The lowest BCUT2D eigenvalue weighted by Gasteiger charge is -2.12. The van der Waals surface area contributed by atoms with Gasteiger partial charge in [0.05, 0.1) is 14.2 Å². The van der Waals surface area contributed by atoms with Gasteiger partial charge in [0.15, 0.2) is 16.6 Å². The zero-order chi connectivity index (χ0) is 20.4. The first-order chi connectivity index (χ1) is 13.5. The Morgan fingerprint density at radius 2 is 1.89 bits per heavy atom. The second-order valence-corrected chi connectivity index (χ2v) is 6.54. The van der Waals surface area contributed by atoms with E-state index >= 15 is 0 Å². The van der Waals surface area contributed by atoms with Crippen molar-refractivity contribution in [2.24, 2.45) is 0 Å². The van der Waals surface area contributed by atoms with Gasteiger partial charge in [-0.1, -0.05) is 29.8 Å². The maximum atomic E-state index is 11.8. The van der Waals surface area contributed by atoms with Crippen LogP contribution in [0.1, 0.15) is 11.1 Å². The number of ether oxygens (including phenoxy) is 2. The third-order valence-electron chi connectivity index (χ3n) is 3.72. The predicted molar refractivity (Wildman–Crippen MR) is 116 cm³/mol. The molecule has 0 aliphatic carbocycles. The fraction of sp³-hybridized carbons (Fsp3) is 0.200. The molecule has 0 atom stereocenters. The van der Waals surface area contributed by atoms with Crippen molar-refractivity contribution in [2.75, 3.05) is 20.8 Å². The van der Waals surface area contributed by atoms with E-state index < -0.39 is 0 Å². The number of halogens is 1. The summed E-state index contributed by atoms with van der Waals surface area (Å²) in [6.07, 6.45) is 3.78. The third-order valence-corrected chi connectivity index (χ3v) is 4.20. The molecular weight excluding hydrogens is 398 g/mol. The molecule has 28 heavy (non-hydrogen) atoms. The largest absolute Gasteiger partial charge is 0.493 e. The molecule has 0 spiro atoms. The van der Waals surface area contributed by atoms with E-state index in [9.17, 15) is 4.79 Å². The number of hydrogen-bond acceptors (Lipinski definition) is 4. The van der Waals surface area contributed by atoms with Crippen molar-refractivity contribution in [3.8, 4) is 11.5 Å². The van der Waals surface area contributed by atoms with Gasteiger partial charge in [-0.05, 0) is 60.1 Å². The highest BCUT2D eigenvalue weighted by molar-refractivity contribution is 7.80. The van der Waals surface area contributed by atoms with Gasteiger partial charge in [-0.25, -0.2) is 0 Å². The summed E-state index contributed by atoms with van der Waals surface area (Å²) in [6.45, 7) is 0.593. The maximum Gasteiger partial charge on any atom is 0.262 e. The summed E-state index contributed by atoms with van der Waals surface area (Å²) in [6, 6.07) is 12.9. The van der Waals surface area contributed by atoms with Crippen molar-refractivity contribution < 1.29 is 14.3 Å². The number of carbonyl (C=O) groups is 1. The van der Waals surface area contributed by atoms with Crippen molar-refractivity contribution in [3.05, 3.63) is 64.7 Å². The van der Waals surface area contributed by atoms with Crippen LogP contribution in [0.4, 0.5) is 0 Å². The summed E-state index contributed by atoms with van der Waals surface area (Å²) < 4.78 is 10.5. The number of benzene rings is 2. The molecule has 0 fully saturated rings. The number of thiocarbonyl (C=S) groups is 1. The second kappa shape index (κ2) is 11.2. The van der Waals surface area contributed by atoms with Crippen molar-refractivity contribution >= 4 is 40.9 Å². The molecule has 2 rings (SSSR count). The molecule has 0 saturated carbocycles. The molecule has 0 aliphatic rings. The Morgan fingerprint density at radius 3 is 2.61 bits per heavy atom. The van der Waals surface area contributed by atoms with Gasteiger partial charge in [0.25, 0.3) is 5.91 Å². The average molecular weight is 420 g/mol. The van der Waals surface area contributed by atoms with Crippen LogP contribution in [0.5, 0.6) is 11.5 Å². The van der Waals surface area contributed by atoms with E-state index in [1.54, 1.807) is 32.4 Å². The van der Waals surface area contributed by atoms with Gasteiger partial charge < -0.3 is 14.8 Å². The zero-order valence-electron chi connectivity index (χ0n) is 15.6. The van der Waals surface area contributed by atoms with Crippen LogP contribution in [0.15, 0.2) is 48.5 Å². The topological polar surface area (TPSA) is 71.6 Å². The monoisotopic (exact) mass is 419 g/mol. The van der Waals surface area contributed by atoms with E-state index in [0.29, 0.717) is 28.2 Å². The lowest BCUT2D eigenvalue weighted by Crippen LogP contribution is -2.46. The lowest BCUT2D eigenvalue weighted by atomic mass is 10.1. The van der Waals surface area contributed by atoms with E-state index in [4.69, 9.17) is 33.3 Å². The van der Waals surface area contributed by atoms with Gasteiger partial charge in [-0.15, -0.1) is 0 Å². The molecule has 0 aliphatic heterocycles. The van der Waals surface area contributed by atoms with Crippen molar-refractivity contribution in [1.82, 2.24) is 16.2 Å². The number of amides is 1. The predicted octanol–water partition coefficient (Wildman–Crippen LogP) is 3.11. The van der Waals surface area contributed by atoms with E-state index in [2.05, 4.69) is 16.2 Å². The Hall–Kier alpha value is -2.77. The van der Waals surface area contributed by atoms with E-state index in [1.807, 2.05) is 30.3 Å². The summed E-state index contributed by atoms with van der Waals surface area (Å²) in [7, 11) is 3.20. The van der Waals surface area contributed by atoms with Crippen LogP contribution in [0.3, 0.4) is 0 Å². The number of carbonyl (C=O) groups excluding carboxylic acids is 1. The first kappa shape index (κ1) is 21.5.